The van der Waals surface area contributed by atoms with Crippen molar-refractivity contribution in [2.45, 2.75) is 44.9 Å². The summed E-state index contributed by atoms with van der Waals surface area (Å²) in [6.45, 7) is 3.84. The van der Waals surface area contributed by atoms with Gasteiger partial charge in [0, 0.05) is 6.61 Å². The highest BCUT2D eigenvalue weighted by molar-refractivity contribution is 5.91. The molecular formula is C17H22N4O4. The van der Waals surface area contributed by atoms with E-state index in [1.807, 2.05) is 6.07 Å². The smallest absolute Gasteiger partial charge is 0.287 e. The van der Waals surface area contributed by atoms with Crippen molar-refractivity contribution in [3.05, 3.63) is 35.4 Å². The molecule has 2 saturated heterocycles. The van der Waals surface area contributed by atoms with Crippen molar-refractivity contribution in [3.8, 4) is 0 Å². The summed E-state index contributed by atoms with van der Waals surface area (Å²) in [6, 6.07) is 3.56. The third kappa shape index (κ3) is 3.91. The molecule has 1 amide bonds. The molecule has 2 aliphatic rings. The van der Waals surface area contributed by atoms with Crippen LogP contribution in [-0.2, 0) is 17.8 Å². The average molecular weight is 346 g/mol. The fraction of sp³-hybridized carbons (Fsp3) is 0.588. The number of nitrogens with zero attached hydrogens (tertiary/aromatic N) is 3. The number of hydrogen-bond acceptors (Lipinski definition) is 7. The molecule has 1 N–H and O–H groups in total. The van der Waals surface area contributed by atoms with Crippen LogP contribution in [-0.4, -0.2) is 40.6 Å². The SMILES string of the molecule is O=C(NCc1noc(C2CCCO2)n1)c1ccc(CN2CCCC2)o1. The van der Waals surface area contributed by atoms with E-state index in [1.54, 1.807) is 6.07 Å². The van der Waals surface area contributed by atoms with Crippen LogP contribution in [0, 0.1) is 0 Å². The van der Waals surface area contributed by atoms with Gasteiger partial charge in [0.15, 0.2) is 11.6 Å². The van der Waals surface area contributed by atoms with Crippen LogP contribution in [0.4, 0.5) is 0 Å². The van der Waals surface area contributed by atoms with Crippen LogP contribution in [0.5, 0.6) is 0 Å². The third-order valence-electron chi connectivity index (χ3n) is 4.56. The minimum Gasteiger partial charge on any atom is -0.455 e. The van der Waals surface area contributed by atoms with Crippen molar-refractivity contribution in [3.63, 3.8) is 0 Å². The molecule has 2 aromatic heterocycles. The van der Waals surface area contributed by atoms with E-state index in [2.05, 4.69) is 20.4 Å². The van der Waals surface area contributed by atoms with E-state index < -0.39 is 0 Å². The summed E-state index contributed by atoms with van der Waals surface area (Å²) in [6.07, 6.45) is 4.23. The summed E-state index contributed by atoms with van der Waals surface area (Å²) in [7, 11) is 0. The first-order chi connectivity index (χ1) is 12.3. The van der Waals surface area contributed by atoms with Gasteiger partial charge in [-0.2, -0.15) is 4.98 Å². The second kappa shape index (κ2) is 7.37. The number of amides is 1. The molecule has 25 heavy (non-hydrogen) atoms. The predicted octanol–water partition coefficient (Wildman–Crippen LogP) is 2.04. The Morgan fingerprint density at radius 1 is 1.28 bits per heavy atom. The maximum Gasteiger partial charge on any atom is 0.287 e. The molecule has 0 spiro atoms. The molecule has 8 nitrogen and oxygen atoms in total. The van der Waals surface area contributed by atoms with Gasteiger partial charge in [0.05, 0.1) is 13.1 Å². The second-order valence-electron chi connectivity index (χ2n) is 6.48. The number of aromatic nitrogens is 2. The van der Waals surface area contributed by atoms with E-state index in [0.717, 1.165) is 44.8 Å². The standard InChI is InChI=1S/C17H22N4O4/c22-16(13-6-5-12(24-13)11-21-7-1-2-8-21)18-10-15-19-17(25-20-15)14-4-3-9-23-14/h5-6,14H,1-4,7-11H2,(H,18,22). The molecule has 134 valence electrons. The topological polar surface area (TPSA) is 93.6 Å². The minimum atomic E-state index is -0.281. The Morgan fingerprint density at radius 3 is 2.96 bits per heavy atom. The first kappa shape index (κ1) is 16.3. The largest absolute Gasteiger partial charge is 0.455 e. The molecule has 1 unspecified atom stereocenters. The van der Waals surface area contributed by atoms with Crippen LogP contribution in [0.3, 0.4) is 0 Å². The summed E-state index contributed by atoms with van der Waals surface area (Å²) in [5, 5.41) is 6.64. The monoisotopic (exact) mass is 346 g/mol. The summed E-state index contributed by atoms with van der Waals surface area (Å²) in [5.74, 6) is 1.75. The van der Waals surface area contributed by atoms with E-state index >= 15 is 0 Å². The Bertz CT molecular complexity index is 714. The quantitative estimate of drug-likeness (QED) is 0.855. The average Bonchev–Trinajstić information content (AvgIpc) is 3.39. The lowest BCUT2D eigenvalue weighted by molar-refractivity contribution is 0.0835. The summed E-state index contributed by atoms with van der Waals surface area (Å²) < 4.78 is 16.3. The third-order valence-corrected chi connectivity index (χ3v) is 4.56. The number of rotatable bonds is 6. The highest BCUT2D eigenvalue weighted by Gasteiger charge is 2.24. The Kier molecular flexibility index (Phi) is 4.80. The molecule has 0 aliphatic carbocycles. The molecule has 2 aromatic rings. The van der Waals surface area contributed by atoms with Gasteiger partial charge in [0.25, 0.3) is 11.8 Å². The minimum absolute atomic E-state index is 0.116. The van der Waals surface area contributed by atoms with Gasteiger partial charge in [-0.1, -0.05) is 5.16 Å². The van der Waals surface area contributed by atoms with Gasteiger partial charge in [-0.05, 0) is 50.9 Å². The lowest BCUT2D eigenvalue weighted by atomic mass is 10.2. The fourth-order valence-corrected chi connectivity index (χ4v) is 3.23. The predicted molar refractivity (Wildman–Crippen MR) is 86.6 cm³/mol. The van der Waals surface area contributed by atoms with Crippen molar-refractivity contribution in [1.29, 1.82) is 0 Å². The molecule has 2 fully saturated rings. The molecule has 2 aliphatic heterocycles. The normalized spacial score (nSPS) is 21.0. The maximum absolute atomic E-state index is 12.2. The molecular weight excluding hydrogens is 324 g/mol. The zero-order valence-corrected chi connectivity index (χ0v) is 14.1. The van der Waals surface area contributed by atoms with Crippen LogP contribution in [0.1, 0.15) is 59.8 Å². The molecule has 1 atom stereocenters. The van der Waals surface area contributed by atoms with Gasteiger partial charge in [-0.3, -0.25) is 9.69 Å². The molecule has 0 radical (unpaired) electrons. The summed E-state index contributed by atoms with van der Waals surface area (Å²) in [4.78, 5) is 18.8. The van der Waals surface area contributed by atoms with Crippen molar-refractivity contribution in [1.82, 2.24) is 20.4 Å². The van der Waals surface area contributed by atoms with E-state index in [1.165, 1.54) is 12.8 Å². The lowest BCUT2D eigenvalue weighted by Crippen LogP contribution is -2.23. The number of nitrogens with one attached hydrogen (secondary N) is 1. The zero-order valence-electron chi connectivity index (χ0n) is 14.1. The molecule has 4 heterocycles. The van der Waals surface area contributed by atoms with Crippen molar-refractivity contribution in [2.75, 3.05) is 19.7 Å². The first-order valence-corrected chi connectivity index (χ1v) is 8.81. The molecule has 0 bridgehead atoms. The number of likely N-dealkylation sites (tertiary alicyclic amines) is 1. The number of carbonyl (C=O) groups excluding carboxylic acids is 1. The lowest BCUT2D eigenvalue weighted by Gasteiger charge is -2.11. The van der Waals surface area contributed by atoms with Crippen molar-refractivity contribution in [2.24, 2.45) is 0 Å². The fourth-order valence-electron chi connectivity index (χ4n) is 3.23. The van der Waals surface area contributed by atoms with Crippen LogP contribution in [0.15, 0.2) is 21.1 Å². The van der Waals surface area contributed by atoms with E-state index in [4.69, 9.17) is 13.7 Å². The molecule has 0 aromatic carbocycles. The Hall–Kier alpha value is -2.19. The van der Waals surface area contributed by atoms with Gasteiger partial charge in [-0.15, -0.1) is 0 Å². The number of furan rings is 1. The molecule has 0 saturated carbocycles. The highest BCUT2D eigenvalue weighted by Crippen LogP contribution is 2.26. The maximum atomic E-state index is 12.2. The Balaban J connectivity index is 1.29. The molecule has 4 rings (SSSR count). The van der Waals surface area contributed by atoms with Crippen molar-refractivity contribution >= 4 is 5.91 Å². The van der Waals surface area contributed by atoms with E-state index in [9.17, 15) is 4.79 Å². The highest BCUT2D eigenvalue weighted by atomic mass is 16.5. The van der Waals surface area contributed by atoms with Crippen molar-refractivity contribution < 1.29 is 18.5 Å². The van der Waals surface area contributed by atoms with Gasteiger partial charge in [0.2, 0.25) is 0 Å². The zero-order chi connectivity index (χ0) is 17.1. The first-order valence-electron chi connectivity index (χ1n) is 8.81. The second-order valence-corrected chi connectivity index (χ2v) is 6.48. The van der Waals surface area contributed by atoms with Crippen LogP contribution in [0.25, 0.3) is 0 Å². The number of hydrogen-bond donors (Lipinski definition) is 1. The number of carbonyl (C=O) groups is 1. The van der Waals surface area contributed by atoms with Crippen LogP contribution >= 0.6 is 0 Å². The van der Waals surface area contributed by atoms with Gasteiger partial charge < -0.3 is 19.0 Å². The van der Waals surface area contributed by atoms with E-state index in [-0.39, 0.29) is 18.6 Å². The van der Waals surface area contributed by atoms with Gasteiger partial charge in [0.1, 0.15) is 11.9 Å². The van der Waals surface area contributed by atoms with Gasteiger partial charge >= 0.3 is 0 Å². The Labute approximate surface area is 145 Å². The van der Waals surface area contributed by atoms with Crippen LogP contribution in [0.2, 0.25) is 0 Å². The van der Waals surface area contributed by atoms with E-state index in [0.29, 0.717) is 17.5 Å². The summed E-state index contributed by atoms with van der Waals surface area (Å²) >= 11 is 0. The van der Waals surface area contributed by atoms with Crippen LogP contribution < -0.4 is 5.32 Å². The summed E-state index contributed by atoms with van der Waals surface area (Å²) in [5.41, 5.74) is 0. The Morgan fingerprint density at radius 2 is 2.16 bits per heavy atom. The molecule has 8 heteroatoms. The number of ether oxygens (including phenoxy) is 1. The van der Waals surface area contributed by atoms with Gasteiger partial charge in [-0.25, -0.2) is 0 Å².